The fraction of sp³-hybridized carbons (Fsp3) is 0.333. The van der Waals surface area contributed by atoms with E-state index < -0.39 is 0 Å². The second-order valence-corrected chi connectivity index (χ2v) is 8.95. The monoisotopic (exact) mass is 399 g/mol. The average molecular weight is 400 g/mol. The third kappa shape index (κ3) is 5.30. The number of carbonyl (C=O) groups is 1. The maximum atomic E-state index is 12.8. The Kier molecular flexibility index (Phi) is 6.85. The van der Waals surface area contributed by atoms with E-state index in [9.17, 15) is 4.79 Å². The van der Waals surface area contributed by atoms with Crippen LogP contribution in [0.2, 0.25) is 0 Å². The summed E-state index contributed by atoms with van der Waals surface area (Å²) in [6.07, 6.45) is 2.92. The van der Waals surface area contributed by atoms with E-state index in [4.69, 9.17) is 0 Å². The first-order valence-corrected chi connectivity index (χ1v) is 11.3. The van der Waals surface area contributed by atoms with Crippen LogP contribution in [-0.4, -0.2) is 33.1 Å². The molecule has 0 bridgehead atoms. The second kappa shape index (κ2) is 9.33. The number of nitrogens with one attached hydrogen (secondary N) is 2. The minimum Gasteiger partial charge on any atom is -0.345 e. The summed E-state index contributed by atoms with van der Waals surface area (Å²) in [6.45, 7) is 4.01. The molecule has 0 aliphatic carbocycles. The number of aryl methyl sites for hydroxylation is 1. The molecule has 3 aromatic rings. The predicted molar refractivity (Wildman–Crippen MR) is 116 cm³/mol. The lowest BCUT2D eigenvalue weighted by molar-refractivity contribution is -0.121. The number of carbonyl (C=O) groups excluding carboxylic acids is 1. The molecule has 1 amide bonds. The van der Waals surface area contributed by atoms with Crippen molar-refractivity contribution in [2.24, 2.45) is 0 Å². The summed E-state index contributed by atoms with van der Waals surface area (Å²) < 4.78 is 0. The number of benzene rings is 2. The summed E-state index contributed by atoms with van der Waals surface area (Å²) in [5.74, 6) is 1.82. The lowest BCUT2D eigenvalue weighted by Crippen LogP contribution is -2.35. The molecule has 0 saturated carbocycles. The molecule has 142 valence electrons. The number of imidazole rings is 1. The third-order valence-electron chi connectivity index (χ3n) is 4.37. The van der Waals surface area contributed by atoms with E-state index in [0.29, 0.717) is 0 Å². The number of amides is 1. The predicted octanol–water partition coefficient (Wildman–Crippen LogP) is 4.96. The van der Waals surface area contributed by atoms with Gasteiger partial charge in [0.2, 0.25) is 5.91 Å². The van der Waals surface area contributed by atoms with E-state index in [1.165, 1.54) is 5.56 Å². The number of thioether (sulfide) groups is 2. The second-order valence-electron chi connectivity index (χ2n) is 6.55. The van der Waals surface area contributed by atoms with Crippen LogP contribution in [0.3, 0.4) is 0 Å². The van der Waals surface area contributed by atoms with Gasteiger partial charge in [0, 0.05) is 4.90 Å². The first-order chi connectivity index (χ1) is 13.1. The zero-order chi connectivity index (χ0) is 19.2. The van der Waals surface area contributed by atoms with Gasteiger partial charge in [-0.3, -0.25) is 4.79 Å². The van der Waals surface area contributed by atoms with Gasteiger partial charge in [0.25, 0.3) is 0 Å². The van der Waals surface area contributed by atoms with Gasteiger partial charge in [-0.15, -0.1) is 11.8 Å². The Morgan fingerprint density at radius 2 is 1.93 bits per heavy atom. The van der Waals surface area contributed by atoms with Crippen molar-refractivity contribution in [3.63, 3.8) is 0 Å². The fourth-order valence-corrected chi connectivity index (χ4v) is 4.16. The highest BCUT2D eigenvalue weighted by atomic mass is 32.2. The summed E-state index contributed by atoms with van der Waals surface area (Å²) in [5, 5.41) is 3.02. The molecule has 0 aliphatic heterocycles. The molecule has 4 nitrogen and oxygen atoms in total. The zero-order valence-corrected chi connectivity index (χ0v) is 17.5. The summed E-state index contributed by atoms with van der Waals surface area (Å²) in [4.78, 5) is 21.9. The Morgan fingerprint density at radius 3 is 2.63 bits per heavy atom. The van der Waals surface area contributed by atoms with Crippen molar-refractivity contribution in [3.05, 3.63) is 59.9 Å². The molecule has 6 heteroatoms. The summed E-state index contributed by atoms with van der Waals surface area (Å²) in [7, 11) is 0. The molecule has 3 rings (SSSR count). The number of aromatic nitrogens is 2. The van der Waals surface area contributed by atoms with E-state index in [2.05, 4.69) is 52.7 Å². The van der Waals surface area contributed by atoms with Gasteiger partial charge in [0.1, 0.15) is 5.82 Å². The Bertz CT molecular complexity index is 859. The van der Waals surface area contributed by atoms with Crippen LogP contribution >= 0.6 is 23.5 Å². The summed E-state index contributed by atoms with van der Waals surface area (Å²) in [5.41, 5.74) is 3.15. The van der Waals surface area contributed by atoms with E-state index in [0.717, 1.165) is 33.9 Å². The van der Waals surface area contributed by atoms with E-state index >= 15 is 0 Å². The first-order valence-electron chi connectivity index (χ1n) is 9.04. The Hall–Kier alpha value is -1.92. The van der Waals surface area contributed by atoms with E-state index in [1.807, 2.05) is 31.2 Å². The quantitative estimate of drug-likeness (QED) is 0.526. The topological polar surface area (TPSA) is 57.8 Å². The van der Waals surface area contributed by atoms with Crippen molar-refractivity contribution < 1.29 is 4.79 Å². The van der Waals surface area contributed by atoms with Crippen molar-refractivity contribution in [2.45, 2.75) is 36.5 Å². The molecule has 1 aromatic heterocycles. The standard InChI is InChI=1S/C21H25N3OS2/c1-14-8-10-16(11-9-14)27-15(2)21(25)24-19(12-13-26-3)20-22-17-6-4-5-7-18(17)23-20/h4-11,15,19H,12-13H2,1-3H3,(H,22,23)(H,24,25)/t15-,19+/m0/s1. The number of hydrogen-bond donors (Lipinski definition) is 2. The lowest BCUT2D eigenvalue weighted by atomic mass is 10.2. The van der Waals surface area contributed by atoms with Crippen LogP contribution < -0.4 is 5.32 Å². The lowest BCUT2D eigenvalue weighted by Gasteiger charge is -2.19. The summed E-state index contributed by atoms with van der Waals surface area (Å²) in [6, 6.07) is 16.1. The van der Waals surface area contributed by atoms with Gasteiger partial charge in [-0.05, 0) is 56.5 Å². The van der Waals surface area contributed by atoms with Crippen LogP contribution in [0.25, 0.3) is 11.0 Å². The number of para-hydroxylation sites is 2. The maximum Gasteiger partial charge on any atom is 0.233 e. The number of rotatable bonds is 8. The van der Waals surface area contributed by atoms with Gasteiger partial charge in [-0.1, -0.05) is 29.8 Å². The number of hydrogen-bond acceptors (Lipinski definition) is 4. The Morgan fingerprint density at radius 1 is 1.19 bits per heavy atom. The van der Waals surface area contributed by atoms with Crippen LogP contribution in [0.1, 0.15) is 30.8 Å². The first kappa shape index (κ1) is 19.8. The van der Waals surface area contributed by atoms with Gasteiger partial charge < -0.3 is 10.3 Å². The molecule has 0 spiro atoms. The molecule has 0 aliphatic rings. The van der Waals surface area contributed by atoms with E-state index in [1.54, 1.807) is 23.5 Å². The Labute approximate surface area is 168 Å². The smallest absolute Gasteiger partial charge is 0.233 e. The van der Waals surface area contributed by atoms with Crippen molar-refractivity contribution in [1.82, 2.24) is 15.3 Å². The maximum absolute atomic E-state index is 12.8. The molecule has 2 N–H and O–H groups in total. The van der Waals surface area contributed by atoms with Crippen LogP contribution in [0.15, 0.2) is 53.4 Å². The van der Waals surface area contributed by atoms with Crippen LogP contribution in [0, 0.1) is 6.92 Å². The van der Waals surface area contributed by atoms with Crippen molar-refractivity contribution >= 4 is 40.5 Å². The molecule has 0 fully saturated rings. The highest BCUT2D eigenvalue weighted by Crippen LogP contribution is 2.25. The number of aromatic amines is 1. The van der Waals surface area contributed by atoms with E-state index in [-0.39, 0.29) is 17.2 Å². The molecular formula is C21H25N3OS2. The molecule has 2 aromatic carbocycles. The molecular weight excluding hydrogens is 374 g/mol. The minimum atomic E-state index is -0.172. The summed E-state index contributed by atoms with van der Waals surface area (Å²) >= 11 is 3.35. The molecule has 0 radical (unpaired) electrons. The highest BCUT2D eigenvalue weighted by Gasteiger charge is 2.22. The van der Waals surface area contributed by atoms with Gasteiger partial charge in [-0.25, -0.2) is 4.98 Å². The van der Waals surface area contributed by atoms with Gasteiger partial charge in [0.15, 0.2) is 0 Å². The number of nitrogens with zero attached hydrogens (tertiary/aromatic N) is 1. The SMILES string of the molecule is CSCC[C@@H](NC(=O)[C@H](C)Sc1ccc(C)cc1)c1nc2ccccc2[nH]1. The average Bonchev–Trinajstić information content (AvgIpc) is 3.10. The van der Waals surface area contributed by atoms with Gasteiger partial charge in [-0.2, -0.15) is 11.8 Å². The van der Waals surface area contributed by atoms with Crippen molar-refractivity contribution in [1.29, 1.82) is 0 Å². The molecule has 27 heavy (non-hydrogen) atoms. The molecule has 2 atom stereocenters. The van der Waals surface area contributed by atoms with Crippen LogP contribution in [0.5, 0.6) is 0 Å². The van der Waals surface area contributed by atoms with Crippen LogP contribution in [-0.2, 0) is 4.79 Å². The van der Waals surface area contributed by atoms with Crippen molar-refractivity contribution in [2.75, 3.05) is 12.0 Å². The normalized spacial score (nSPS) is 13.4. The minimum absolute atomic E-state index is 0.0344. The zero-order valence-electron chi connectivity index (χ0n) is 15.9. The van der Waals surface area contributed by atoms with Crippen molar-refractivity contribution in [3.8, 4) is 0 Å². The van der Waals surface area contributed by atoms with Gasteiger partial charge >= 0.3 is 0 Å². The van der Waals surface area contributed by atoms with Crippen LogP contribution in [0.4, 0.5) is 0 Å². The van der Waals surface area contributed by atoms with Gasteiger partial charge in [0.05, 0.1) is 22.3 Å². The highest BCUT2D eigenvalue weighted by molar-refractivity contribution is 8.00. The number of H-pyrrole nitrogens is 1. The molecule has 1 heterocycles. The fourth-order valence-electron chi connectivity index (χ4n) is 2.81. The largest absolute Gasteiger partial charge is 0.345 e. The molecule has 0 saturated heterocycles. The number of fused-ring (bicyclic) bond motifs is 1. The third-order valence-corrected chi connectivity index (χ3v) is 6.12. The molecule has 0 unspecified atom stereocenters. The Balaban J connectivity index is 1.70.